The maximum absolute atomic E-state index is 11.0. The van der Waals surface area contributed by atoms with Crippen LogP contribution in [0.5, 0.6) is 0 Å². The highest BCUT2D eigenvalue weighted by molar-refractivity contribution is 5.80. The van der Waals surface area contributed by atoms with E-state index in [1.54, 1.807) is 0 Å². The van der Waals surface area contributed by atoms with Gasteiger partial charge in [-0.1, -0.05) is 12.1 Å². The summed E-state index contributed by atoms with van der Waals surface area (Å²) in [7, 11) is 0. The number of guanidine groups is 1. The van der Waals surface area contributed by atoms with Gasteiger partial charge in [-0.3, -0.25) is 4.79 Å². The number of nitrogens with zero attached hydrogens (tertiary/aromatic N) is 1. The summed E-state index contributed by atoms with van der Waals surface area (Å²) in [6, 6.07) is 6.00. The van der Waals surface area contributed by atoms with Gasteiger partial charge in [0.25, 0.3) is 0 Å². The molecule has 0 saturated heterocycles. The summed E-state index contributed by atoms with van der Waals surface area (Å²) in [6.07, 6.45) is -1.34. The number of carbonyl (C=O) groups is 2. The van der Waals surface area contributed by atoms with E-state index in [0.29, 0.717) is 11.3 Å². The lowest BCUT2D eigenvalue weighted by atomic mass is 10.1. The van der Waals surface area contributed by atoms with Gasteiger partial charge < -0.3 is 21.3 Å². The van der Waals surface area contributed by atoms with Crippen LogP contribution in [0.3, 0.4) is 0 Å². The molecule has 7 heteroatoms. The minimum Gasteiger partial charge on any atom is -0.478 e. The van der Waals surface area contributed by atoms with Crippen molar-refractivity contribution < 1.29 is 19.4 Å². The zero-order valence-electron chi connectivity index (χ0n) is 9.66. The molecule has 1 atom stereocenters. The number of carbonyl (C=O) groups excluding carboxylic acids is 1. The normalized spacial score (nSPS) is 11.4. The van der Waals surface area contributed by atoms with E-state index in [1.165, 1.54) is 24.3 Å². The number of benzene rings is 1. The molecule has 0 saturated carbocycles. The van der Waals surface area contributed by atoms with Crippen molar-refractivity contribution in [1.82, 2.24) is 0 Å². The quantitative estimate of drug-likeness (QED) is 0.400. The lowest BCUT2D eigenvalue weighted by Crippen LogP contribution is -2.21. The Morgan fingerprint density at radius 3 is 2.22 bits per heavy atom. The van der Waals surface area contributed by atoms with Gasteiger partial charge in [0.15, 0.2) is 5.96 Å². The van der Waals surface area contributed by atoms with Gasteiger partial charge in [0.1, 0.15) is 0 Å². The van der Waals surface area contributed by atoms with E-state index < -0.39 is 18.0 Å². The van der Waals surface area contributed by atoms with Crippen LogP contribution in [0, 0.1) is 0 Å². The monoisotopic (exact) mass is 251 g/mol. The predicted molar refractivity (Wildman–Crippen MR) is 64.1 cm³/mol. The third-order valence-electron chi connectivity index (χ3n) is 1.96. The molecular formula is C11H13N3O4. The van der Waals surface area contributed by atoms with E-state index in [0.717, 1.165) is 6.92 Å². The van der Waals surface area contributed by atoms with Gasteiger partial charge in [-0.05, 0) is 12.1 Å². The Kier molecular flexibility index (Phi) is 4.25. The van der Waals surface area contributed by atoms with Crippen molar-refractivity contribution in [3.8, 4) is 0 Å². The number of aliphatic carboxylic acids is 1. The molecule has 1 aromatic rings. The minimum absolute atomic E-state index is 0.0995. The molecule has 0 bridgehead atoms. The van der Waals surface area contributed by atoms with E-state index in [-0.39, 0.29) is 5.96 Å². The summed E-state index contributed by atoms with van der Waals surface area (Å²) in [4.78, 5) is 25.5. The molecule has 1 rings (SSSR count). The smallest absolute Gasteiger partial charge is 0.349 e. The maximum atomic E-state index is 11.0. The van der Waals surface area contributed by atoms with Gasteiger partial charge in [0, 0.05) is 12.5 Å². The first-order valence-corrected chi connectivity index (χ1v) is 4.99. The zero-order chi connectivity index (χ0) is 13.7. The molecule has 18 heavy (non-hydrogen) atoms. The van der Waals surface area contributed by atoms with Crippen molar-refractivity contribution in [3.05, 3.63) is 29.8 Å². The zero-order valence-corrected chi connectivity index (χ0v) is 9.66. The Morgan fingerprint density at radius 2 is 1.83 bits per heavy atom. The Balaban J connectivity index is 2.97. The molecule has 0 aliphatic rings. The number of ether oxygens (including phenoxy) is 1. The molecular weight excluding hydrogens is 238 g/mol. The summed E-state index contributed by atoms with van der Waals surface area (Å²) in [5.74, 6) is -2.02. The third-order valence-corrected chi connectivity index (χ3v) is 1.96. The fourth-order valence-electron chi connectivity index (χ4n) is 1.30. The van der Waals surface area contributed by atoms with Gasteiger partial charge in [0.2, 0.25) is 6.10 Å². The fraction of sp³-hybridized carbons (Fsp3) is 0.182. The van der Waals surface area contributed by atoms with Crippen molar-refractivity contribution in [2.24, 2.45) is 16.5 Å². The SMILES string of the molecule is CC(=O)OC(C(=O)O)c1ccc(N=C(N)N)cc1. The fourth-order valence-corrected chi connectivity index (χ4v) is 1.30. The van der Waals surface area contributed by atoms with E-state index in [2.05, 4.69) is 4.99 Å². The van der Waals surface area contributed by atoms with Crippen molar-refractivity contribution in [2.75, 3.05) is 0 Å². The maximum Gasteiger partial charge on any atom is 0.349 e. The number of rotatable bonds is 4. The molecule has 0 aliphatic heterocycles. The molecule has 1 aromatic carbocycles. The number of hydrogen-bond acceptors (Lipinski definition) is 4. The average Bonchev–Trinajstić information content (AvgIpc) is 2.26. The predicted octanol–water partition coefficient (Wildman–Crippen LogP) is 0.280. The average molecular weight is 251 g/mol. The molecule has 0 fully saturated rings. The van der Waals surface area contributed by atoms with Crippen LogP contribution in [-0.2, 0) is 14.3 Å². The van der Waals surface area contributed by atoms with Gasteiger partial charge in [0.05, 0.1) is 5.69 Å². The van der Waals surface area contributed by atoms with Crippen LogP contribution in [-0.4, -0.2) is 23.0 Å². The van der Waals surface area contributed by atoms with E-state index in [9.17, 15) is 9.59 Å². The van der Waals surface area contributed by atoms with Gasteiger partial charge in [-0.15, -0.1) is 0 Å². The first kappa shape index (κ1) is 13.5. The molecule has 0 aliphatic carbocycles. The van der Waals surface area contributed by atoms with Gasteiger partial charge in [-0.25, -0.2) is 9.79 Å². The van der Waals surface area contributed by atoms with Crippen molar-refractivity contribution in [1.29, 1.82) is 0 Å². The summed E-state index contributed by atoms with van der Waals surface area (Å²) < 4.78 is 4.70. The highest BCUT2D eigenvalue weighted by Crippen LogP contribution is 2.21. The minimum atomic E-state index is -1.34. The highest BCUT2D eigenvalue weighted by Gasteiger charge is 2.22. The second kappa shape index (κ2) is 5.67. The Morgan fingerprint density at radius 1 is 1.28 bits per heavy atom. The number of nitrogens with two attached hydrogens (primary N) is 2. The summed E-state index contributed by atoms with van der Waals surface area (Å²) >= 11 is 0. The number of carboxylic acid groups (broad SMARTS) is 1. The first-order chi connectivity index (χ1) is 8.40. The molecule has 0 amide bonds. The molecule has 0 heterocycles. The van der Waals surface area contributed by atoms with Crippen LogP contribution in [0.4, 0.5) is 5.69 Å². The van der Waals surface area contributed by atoms with Gasteiger partial charge in [-0.2, -0.15) is 0 Å². The molecule has 5 N–H and O–H groups in total. The second-order valence-electron chi connectivity index (χ2n) is 3.46. The molecule has 0 radical (unpaired) electrons. The Labute approximate surface area is 103 Å². The number of esters is 1. The summed E-state index contributed by atoms with van der Waals surface area (Å²) in [6.45, 7) is 1.14. The summed E-state index contributed by atoms with van der Waals surface area (Å²) in [5.41, 5.74) is 11.2. The highest BCUT2D eigenvalue weighted by atomic mass is 16.6. The number of aliphatic imine (C=N–C) groups is 1. The lowest BCUT2D eigenvalue weighted by molar-refractivity contribution is -0.163. The third kappa shape index (κ3) is 3.78. The second-order valence-corrected chi connectivity index (χ2v) is 3.46. The topological polar surface area (TPSA) is 128 Å². The number of carboxylic acids is 1. The van der Waals surface area contributed by atoms with Crippen molar-refractivity contribution >= 4 is 23.6 Å². The first-order valence-electron chi connectivity index (χ1n) is 4.99. The van der Waals surface area contributed by atoms with Crippen LogP contribution < -0.4 is 11.5 Å². The molecule has 7 nitrogen and oxygen atoms in total. The largest absolute Gasteiger partial charge is 0.478 e. The van der Waals surface area contributed by atoms with E-state index in [4.69, 9.17) is 21.3 Å². The number of hydrogen-bond donors (Lipinski definition) is 3. The van der Waals surface area contributed by atoms with Crippen LogP contribution in [0.2, 0.25) is 0 Å². The van der Waals surface area contributed by atoms with Crippen LogP contribution in [0.15, 0.2) is 29.3 Å². The molecule has 0 aromatic heterocycles. The molecule has 96 valence electrons. The Hall–Kier alpha value is -2.57. The standard InChI is InChI=1S/C11H13N3O4/c1-6(15)18-9(10(16)17)7-2-4-8(5-3-7)14-11(12)13/h2-5,9H,1H3,(H,16,17)(H4,12,13,14). The summed E-state index contributed by atoms with van der Waals surface area (Å²) in [5, 5.41) is 8.95. The lowest BCUT2D eigenvalue weighted by Gasteiger charge is -2.12. The van der Waals surface area contributed by atoms with Crippen molar-refractivity contribution in [3.63, 3.8) is 0 Å². The van der Waals surface area contributed by atoms with Crippen LogP contribution >= 0.6 is 0 Å². The van der Waals surface area contributed by atoms with Crippen LogP contribution in [0.25, 0.3) is 0 Å². The van der Waals surface area contributed by atoms with E-state index in [1.807, 2.05) is 0 Å². The molecule has 1 unspecified atom stereocenters. The Bertz CT molecular complexity index is 478. The van der Waals surface area contributed by atoms with Gasteiger partial charge >= 0.3 is 11.9 Å². The molecule has 0 spiro atoms. The van der Waals surface area contributed by atoms with Crippen molar-refractivity contribution in [2.45, 2.75) is 13.0 Å². The van der Waals surface area contributed by atoms with E-state index >= 15 is 0 Å². The van der Waals surface area contributed by atoms with Crippen LogP contribution in [0.1, 0.15) is 18.6 Å².